The first-order valence-electron chi connectivity index (χ1n) is 13.7. The van der Waals surface area contributed by atoms with Crippen LogP contribution >= 0.6 is 11.6 Å². The van der Waals surface area contributed by atoms with Crippen molar-refractivity contribution in [2.24, 2.45) is 4.99 Å². The molecule has 1 unspecified atom stereocenters. The molecule has 0 saturated carbocycles. The first kappa shape index (κ1) is 29.7. The maximum absolute atomic E-state index is 13.8. The van der Waals surface area contributed by atoms with Crippen molar-refractivity contribution in [1.29, 1.82) is 0 Å². The number of carbonyl (C=O) groups is 4. The number of anilines is 1. The number of fused-ring (bicyclic) bond motifs is 1. The quantitative estimate of drug-likeness (QED) is 0.312. The molecule has 0 saturated heterocycles. The van der Waals surface area contributed by atoms with E-state index >= 15 is 0 Å². The minimum atomic E-state index is -1.24. The fourth-order valence-electron chi connectivity index (χ4n) is 4.65. The second-order valence-corrected chi connectivity index (χ2v) is 10.3. The Morgan fingerprint density at radius 3 is 2.41 bits per heavy atom. The number of nitrogens with zero attached hydrogens (tertiary/aromatic N) is 2. The van der Waals surface area contributed by atoms with Crippen LogP contribution in [0.5, 0.6) is 0 Å². The van der Waals surface area contributed by atoms with Crippen LogP contribution in [-0.4, -0.2) is 48.5 Å². The predicted octanol–water partition coefficient (Wildman–Crippen LogP) is 4.47. The number of aryl methyl sites for hydroxylation is 1. The van der Waals surface area contributed by atoms with Gasteiger partial charge in [0.05, 0.1) is 11.4 Å². The van der Waals surface area contributed by atoms with Crippen LogP contribution in [0.1, 0.15) is 49.3 Å². The Bertz CT molecular complexity index is 1440. The molecule has 0 bridgehead atoms. The highest BCUT2D eigenvalue weighted by Gasteiger charge is 2.34. The van der Waals surface area contributed by atoms with Gasteiger partial charge in [0.15, 0.2) is 0 Å². The van der Waals surface area contributed by atoms with Crippen LogP contribution in [0.4, 0.5) is 5.69 Å². The number of nitrogens with one attached hydrogen (secondary N) is 2. The lowest BCUT2D eigenvalue weighted by Crippen LogP contribution is -2.50. The predicted molar refractivity (Wildman–Crippen MR) is 160 cm³/mol. The Balaban J connectivity index is 1.53. The molecule has 1 aliphatic heterocycles. The van der Waals surface area contributed by atoms with Crippen molar-refractivity contribution in [3.63, 3.8) is 0 Å². The zero-order valence-electron chi connectivity index (χ0n) is 22.9. The summed E-state index contributed by atoms with van der Waals surface area (Å²) in [6, 6.07) is 24.2. The van der Waals surface area contributed by atoms with E-state index in [1.54, 1.807) is 12.1 Å². The largest absolute Gasteiger partial charge is 0.355 e. The van der Waals surface area contributed by atoms with Gasteiger partial charge < -0.3 is 15.4 Å². The number of halogens is 1. The molecule has 41 heavy (non-hydrogen) atoms. The molecular formula is C32H33ClN4O4. The number of para-hydroxylation sites is 1. The molecule has 1 aliphatic rings. The van der Waals surface area contributed by atoms with Crippen molar-refractivity contribution < 1.29 is 19.2 Å². The van der Waals surface area contributed by atoms with Gasteiger partial charge in [-0.05, 0) is 49.9 Å². The van der Waals surface area contributed by atoms with Gasteiger partial charge in [0.2, 0.25) is 18.0 Å². The highest BCUT2D eigenvalue weighted by Crippen LogP contribution is 2.28. The molecule has 4 rings (SSSR count). The summed E-state index contributed by atoms with van der Waals surface area (Å²) in [6.45, 7) is 1.67. The maximum Gasteiger partial charge on any atom is 0.272 e. The summed E-state index contributed by atoms with van der Waals surface area (Å²) in [6.07, 6.45) is 0.950. The van der Waals surface area contributed by atoms with Crippen molar-refractivity contribution in [1.82, 2.24) is 10.6 Å². The number of aliphatic imine (C=N–C) groups is 1. The highest BCUT2D eigenvalue weighted by molar-refractivity contribution is 6.30. The van der Waals surface area contributed by atoms with Gasteiger partial charge in [0.25, 0.3) is 5.91 Å². The van der Waals surface area contributed by atoms with Crippen LogP contribution in [-0.2, 0) is 25.6 Å². The van der Waals surface area contributed by atoms with Crippen molar-refractivity contribution in [2.45, 2.75) is 45.2 Å². The summed E-state index contributed by atoms with van der Waals surface area (Å²) < 4.78 is 0. The Hall–Kier alpha value is -4.30. The molecule has 3 amide bonds. The zero-order valence-corrected chi connectivity index (χ0v) is 23.7. The summed E-state index contributed by atoms with van der Waals surface area (Å²) in [7, 11) is 0. The summed E-state index contributed by atoms with van der Waals surface area (Å²) in [4.78, 5) is 57.0. The Morgan fingerprint density at radius 2 is 1.66 bits per heavy atom. The molecule has 0 spiro atoms. The van der Waals surface area contributed by atoms with Crippen LogP contribution in [0, 0.1) is 0 Å². The fourth-order valence-corrected chi connectivity index (χ4v) is 4.86. The maximum atomic E-state index is 13.8. The van der Waals surface area contributed by atoms with Gasteiger partial charge in [-0.2, -0.15) is 0 Å². The lowest BCUT2D eigenvalue weighted by molar-refractivity contribution is -0.128. The number of Topliss-reactive ketones (excluding diaryl/α,β-unsaturated/α-hetero) is 1. The minimum Gasteiger partial charge on any atom is -0.355 e. The van der Waals surface area contributed by atoms with Crippen molar-refractivity contribution in [2.75, 3.05) is 18.0 Å². The van der Waals surface area contributed by atoms with Crippen LogP contribution in [0.25, 0.3) is 0 Å². The van der Waals surface area contributed by atoms with E-state index in [0.29, 0.717) is 41.4 Å². The van der Waals surface area contributed by atoms with Crippen molar-refractivity contribution >= 4 is 46.5 Å². The van der Waals surface area contributed by atoms with Gasteiger partial charge >= 0.3 is 0 Å². The molecule has 0 aromatic heterocycles. The van der Waals surface area contributed by atoms with Crippen LogP contribution in [0.2, 0.25) is 5.02 Å². The van der Waals surface area contributed by atoms with E-state index in [1.807, 2.05) is 66.7 Å². The minimum absolute atomic E-state index is 0.00655. The highest BCUT2D eigenvalue weighted by atomic mass is 35.5. The standard InChI is InChI=1S/C32H33ClN4O4/c1-22(38)10-7-18-28(39)35-31-32(41)37(21-29(40)34-19-9-12-23-11-8-15-25(33)20-23)27-17-6-5-16-26(27)30(36-31)24-13-3-2-4-14-24/h2-6,8,11,13-17,20,31H,7,9-10,12,18-19,21H2,1H3,(H,34,40)(H,35,39). The van der Waals surface area contributed by atoms with Gasteiger partial charge in [0.1, 0.15) is 12.3 Å². The van der Waals surface area contributed by atoms with Gasteiger partial charge in [0, 0.05) is 35.5 Å². The number of hydrogen-bond donors (Lipinski definition) is 2. The first-order valence-corrected chi connectivity index (χ1v) is 14.0. The van der Waals surface area contributed by atoms with Crippen molar-refractivity contribution in [3.05, 3.63) is 101 Å². The number of hydrogen-bond acceptors (Lipinski definition) is 5. The van der Waals surface area contributed by atoms with Crippen LogP contribution in [0.3, 0.4) is 0 Å². The second-order valence-electron chi connectivity index (χ2n) is 9.89. The average molecular weight is 573 g/mol. The average Bonchev–Trinajstić information content (AvgIpc) is 3.06. The van der Waals surface area contributed by atoms with Gasteiger partial charge in [-0.1, -0.05) is 72.3 Å². The Morgan fingerprint density at radius 1 is 0.902 bits per heavy atom. The molecule has 0 radical (unpaired) electrons. The topological polar surface area (TPSA) is 108 Å². The van der Waals surface area contributed by atoms with E-state index in [-0.39, 0.29) is 31.1 Å². The third kappa shape index (κ3) is 8.35. The van der Waals surface area contributed by atoms with Gasteiger partial charge in [-0.15, -0.1) is 0 Å². The Labute approximate surface area is 244 Å². The molecule has 3 aromatic rings. The van der Waals surface area contributed by atoms with Crippen LogP contribution in [0.15, 0.2) is 83.9 Å². The zero-order chi connectivity index (χ0) is 29.2. The third-order valence-corrected chi connectivity index (χ3v) is 6.88. The fraction of sp³-hybridized carbons (Fsp3) is 0.281. The third-order valence-electron chi connectivity index (χ3n) is 6.64. The van der Waals surface area contributed by atoms with Gasteiger partial charge in [-0.3, -0.25) is 19.3 Å². The normalized spacial score (nSPS) is 14.5. The van der Waals surface area contributed by atoms with Crippen LogP contribution < -0.4 is 15.5 Å². The molecule has 1 heterocycles. The summed E-state index contributed by atoms with van der Waals surface area (Å²) >= 11 is 6.06. The summed E-state index contributed by atoms with van der Waals surface area (Å²) in [5, 5.41) is 6.29. The molecule has 212 valence electrons. The molecular weight excluding hydrogens is 540 g/mol. The summed E-state index contributed by atoms with van der Waals surface area (Å²) in [5.41, 5.74) is 3.59. The molecule has 1 atom stereocenters. The number of benzene rings is 3. The van der Waals surface area contributed by atoms with E-state index in [1.165, 1.54) is 11.8 Å². The smallest absolute Gasteiger partial charge is 0.272 e. The molecule has 0 aliphatic carbocycles. The number of amides is 3. The van der Waals surface area contributed by atoms with E-state index in [4.69, 9.17) is 16.6 Å². The molecule has 0 fully saturated rings. The lowest BCUT2D eigenvalue weighted by Gasteiger charge is -2.25. The van der Waals surface area contributed by atoms with Gasteiger partial charge in [-0.25, -0.2) is 4.99 Å². The molecule has 9 heteroatoms. The SMILES string of the molecule is CC(=O)CCCC(=O)NC1N=C(c2ccccc2)c2ccccc2N(CC(=O)NCCCc2cccc(Cl)c2)C1=O. The summed E-state index contributed by atoms with van der Waals surface area (Å²) in [5.74, 6) is -1.24. The number of rotatable bonds is 12. The van der Waals surface area contributed by atoms with E-state index in [0.717, 1.165) is 17.5 Å². The monoisotopic (exact) mass is 572 g/mol. The Kier molecular flexibility index (Phi) is 10.4. The lowest BCUT2D eigenvalue weighted by atomic mass is 10.0. The number of ketones is 1. The van der Waals surface area contributed by atoms with E-state index in [2.05, 4.69) is 10.6 Å². The molecule has 8 nitrogen and oxygen atoms in total. The first-order chi connectivity index (χ1) is 19.8. The molecule has 3 aromatic carbocycles. The second kappa shape index (κ2) is 14.4. The van der Waals surface area contributed by atoms with E-state index < -0.39 is 18.0 Å². The number of carbonyl (C=O) groups excluding carboxylic acids is 4. The molecule has 2 N–H and O–H groups in total. The number of benzodiazepines with no additional fused rings is 1. The van der Waals surface area contributed by atoms with E-state index in [9.17, 15) is 19.2 Å². The van der Waals surface area contributed by atoms with Crippen molar-refractivity contribution in [3.8, 4) is 0 Å².